The molecule has 8 nitrogen and oxygen atoms in total. The Bertz CT molecular complexity index is 376. The van der Waals surface area contributed by atoms with Gasteiger partial charge in [-0.25, -0.2) is 0 Å². The zero-order chi connectivity index (χ0) is 18.8. The highest BCUT2D eigenvalue weighted by Gasteiger charge is 2.21. The molecule has 1 atom stereocenters. The van der Waals surface area contributed by atoms with Crippen LogP contribution in [0.1, 0.15) is 71.1 Å². The van der Waals surface area contributed by atoms with Crippen LogP contribution in [0.4, 0.5) is 0 Å². The largest absolute Gasteiger partial charge is 0.468 e. The summed E-state index contributed by atoms with van der Waals surface area (Å²) in [4.78, 5) is 47.0. The molecular weight excluding hydrogens is 330 g/mol. The van der Waals surface area contributed by atoms with Gasteiger partial charge in [0, 0.05) is 12.8 Å². The van der Waals surface area contributed by atoms with Crippen molar-refractivity contribution in [3.63, 3.8) is 0 Å². The van der Waals surface area contributed by atoms with Crippen molar-refractivity contribution in [3.05, 3.63) is 0 Å². The van der Waals surface area contributed by atoms with Gasteiger partial charge in [0.1, 0.15) is 0 Å². The first-order valence-corrected chi connectivity index (χ1v) is 8.71. The van der Waals surface area contributed by atoms with Gasteiger partial charge in [-0.05, 0) is 12.8 Å². The zero-order valence-electron chi connectivity index (χ0n) is 14.8. The van der Waals surface area contributed by atoms with Crippen LogP contribution in [0.3, 0.4) is 0 Å². The summed E-state index contributed by atoms with van der Waals surface area (Å²) >= 11 is 0. The van der Waals surface area contributed by atoms with E-state index in [9.17, 15) is 19.2 Å². The molecule has 0 heterocycles. The maximum Gasteiger partial charge on any atom is 0.351 e. The van der Waals surface area contributed by atoms with Gasteiger partial charge in [0.2, 0.25) is 6.23 Å². The van der Waals surface area contributed by atoms with Crippen molar-refractivity contribution in [2.24, 2.45) is 0 Å². The fourth-order valence-corrected chi connectivity index (χ4v) is 2.27. The van der Waals surface area contributed by atoms with Gasteiger partial charge in [-0.15, -0.1) is 5.06 Å². The highest BCUT2D eigenvalue weighted by atomic mass is 16.7. The summed E-state index contributed by atoms with van der Waals surface area (Å²) in [7, 11) is 0. The van der Waals surface area contributed by atoms with E-state index in [4.69, 9.17) is 4.74 Å². The molecule has 0 aromatic heterocycles. The van der Waals surface area contributed by atoms with E-state index < -0.39 is 12.2 Å². The molecule has 1 amide bonds. The van der Waals surface area contributed by atoms with Crippen molar-refractivity contribution >= 4 is 25.3 Å². The van der Waals surface area contributed by atoms with Crippen molar-refractivity contribution in [2.45, 2.75) is 77.4 Å². The molecule has 0 fully saturated rings. The fourth-order valence-electron chi connectivity index (χ4n) is 2.27. The minimum Gasteiger partial charge on any atom is -0.468 e. The second-order valence-electron chi connectivity index (χ2n) is 5.52. The van der Waals surface area contributed by atoms with Crippen molar-refractivity contribution in [3.8, 4) is 0 Å². The maximum atomic E-state index is 11.7. The number of hydrogen-bond donors (Lipinski definition) is 0. The third-order valence-corrected chi connectivity index (χ3v) is 3.59. The minimum absolute atomic E-state index is 0.0801. The van der Waals surface area contributed by atoms with Gasteiger partial charge in [0.25, 0.3) is 6.47 Å². The molecule has 0 spiro atoms. The molecular formula is C17H28NO7. The van der Waals surface area contributed by atoms with Crippen molar-refractivity contribution in [1.82, 2.24) is 5.06 Å². The van der Waals surface area contributed by atoms with E-state index in [-0.39, 0.29) is 12.9 Å². The maximum absolute atomic E-state index is 11.7. The normalized spacial score (nSPS) is 11.2. The summed E-state index contributed by atoms with van der Waals surface area (Å²) in [6, 6.07) is 0. The first kappa shape index (κ1) is 22.9. The fraction of sp³-hybridized carbons (Fsp3) is 0.765. The molecule has 8 heteroatoms. The second kappa shape index (κ2) is 16.7. The Hall–Kier alpha value is -2.12. The molecule has 0 aromatic carbocycles. The van der Waals surface area contributed by atoms with Gasteiger partial charge in [0.15, 0.2) is 0 Å². The molecule has 0 aliphatic rings. The monoisotopic (exact) mass is 358 g/mol. The lowest BCUT2D eigenvalue weighted by Crippen LogP contribution is -2.37. The predicted molar refractivity (Wildman–Crippen MR) is 88.4 cm³/mol. The van der Waals surface area contributed by atoms with Gasteiger partial charge in [-0.2, -0.15) is 0 Å². The van der Waals surface area contributed by atoms with Gasteiger partial charge in [-0.3, -0.25) is 19.2 Å². The minimum atomic E-state index is -0.946. The van der Waals surface area contributed by atoms with E-state index in [2.05, 4.69) is 9.57 Å². The number of rotatable bonds is 18. The number of amides is 1. The Morgan fingerprint density at radius 2 is 1.60 bits per heavy atom. The van der Waals surface area contributed by atoms with E-state index >= 15 is 0 Å². The average Bonchev–Trinajstić information content (AvgIpc) is 2.62. The summed E-state index contributed by atoms with van der Waals surface area (Å²) in [5.74, 6) is -0.434. The van der Waals surface area contributed by atoms with Gasteiger partial charge in [-0.1, -0.05) is 45.4 Å². The summed E-state index contributed by atoms with van der Waals surface area (Å²) in [5.41, 5.74) is 0. The summed E-state index contributed by atoms with van der Waals surface area (Å²) in [6.07, 6.45) is 8.95. The Kier molecular flexibility index (Phi) is 15.3. The summed E-state index contributed by atoms with van der Waals surface area (Å²) < 4.78 is 9.71. The molecule has 0 aromatic rings. The molecule has 0 saturated heterocycles. The van der Waals surface area contributed by atoms with Crippen molar-refractivity contribution in [2.75, 3.05) is 6.61 Å². The zero-order valence-corrected chi connectivity index (χ0v) is 14.8. The van der Waals surface area contributed by atoms with Gasteiger partial charge in [0.05, 0.1) is 6.61 Å². The number of carbonyl (C=O) groups excluding carboxylic acids is 4. The van der Waals surface area contributed by atoms with Crippen LogP contribution in [-0.4, -0.2) is 43.2 Å². The number of ether oxygens (including phenoxy) is 2. The predicted octanol–water partition coefficient (Wildman–Crippen LogP) is 2.41. The smallest absolute Gasteiger partial charge is 0.351 e. The summed E-state index contributed by atoms with van der Waals surface area (Å²) in [6.45, 7) is 2.73. The van der Waals surface area contributed by atoms with E-state index in [1.54, 1.807) is 6.92 Å². The third kappa shape index (κ3) is 12.9. The molecule has 0 rings (SSSR count). The SMILES string of the molecule is CCC(OC(=O)CCCCCCCCCCOC=O)N([C]=O)OC=O. The Morgan fingerprint density at radius 1 is 1.00 bits per heavy atom. The van der Waals surface area contributed by atoms with Gasteiger partial charge >= 0.3 is 18.9 Å². The number of hydroxylamine groups is 2. The molecule has 0 aliphatic heterocycles. The average molecular weight is 358 g/mol. The Labute approximate surface area is 148 Å². The molecule has 0 N–H and O–H groups in total. The molecule has 25 heavy (non-hydrogen) atoms. The number of hydrogen-bond acceptors (Lipinski definition) is 7. The lowest BCUT2D eigenvalue weighted by molar-refractivity contribution is -0.203. The highest BCUT2D eigenvalue weighted by molar-refractivity contribution is 5.69. The van der Waals surface area contributed by atoms with Crippen molar-refractivity contribution in [1.29, 1.82) is 0 Å². The first-order valence-electron chi connectivity index (χ1n) is 8.71. The van der Waals surface area contributed by atoms with Crippen LogP contribution in [0.5, 0.6) is 0 Å². The van der Waals surface area contributed by atoms with E-state index in [1.165, 1.54) is 6.41 Å². The quantitative estimate of drug-likeness (QED) is 0.0926. The van der Waals surface area contributed by atoms with Crippen LogP contribution in [0, 0.1) is 0 Å². The number of nitrogens with zero attached hydrogens (tertiary/aromatic N) is 1. The Balaban J connectivity index is 3.64. The molecule has 1 radical (unpaired) electrons. The van der Waals surface area contributed by atoms with Crippen LogP contribution >= 0.6 is 0 Å². The van der Waals surface area contributed by atoms with Crippen LogP contribution < -0.4 is 0 Å². The topological polar surface area (TPSA) is 99.2 Å². The molecule has 1 unspecified atom stereocenters. The lowest BCUT2D eigenvalue weighted by atomic mass is 10.1. The highest BCUT2D eigenvalue weighted by Crippen LogP contribution is 2.12. The molecule has 0 saturated carbocycles. The summed E-state index contributed by atoms with van der Waals surface area (Å²) in [5, 5.41) is 0.561. The van der Waals surface area contributed by atoms with E-state index in [0.29, 0.717) is 31.0 Å². The van der Waals surface area contributed by atoms with E-state index in [1.807, 2.05) is 0 Å². The van der Waals surface area contributed by atoms with Gasteiger partial charge < -0.3 is 14.3 Å². The van der Waals surface area contributed by atoms with Crippen LogP contribution in [0.2, 0.25) is 0 Å². The molecule has 0 bridgehead atoms. The molecule has 143 valence electrons. The van der Waals surface area contributed by atoms with E-state index in [0.717, 1.165) is 44.9 Å². The number of esters is 1. The Morgan fingerprint density at radius 3 is 2.12 bits per heavy atom. The standard InChI is InChI=1S/C17H28NO7/c1-2-16(18(13-19)24-15-21)25-17(22)11-9-7-5-3-4-6-8-10-12-23-14-20/h14-16H,2-12H2,1H3. The van der Waals surface area contributed by atoms with Crippen LogP contribution in [0.25, 0.3) is 0 Å². The molecule has 0 aliphatic carbocycles. The first-order chi connectivity index (χ1) is 12.2. The van der Waals surface area contributed by atoms with Crippen LogP contribution in [-0.2, 0) is 33.5 Å². The second-order valence-corrected chi connectivity index (χ2v) is 5.52. The lowest BCUT2D eigenvalue weighted by Gasteiger charge is -2.22. The number of unbranched alkanes of at least 4 members (excludes halogenated alkanes) is 7. The number of carbonyl (C=O) groups is 3. The third-order valence-electron chi connectivity index (χ3n) is 3.59. The van der Waals surface area contributed by atoms with Crippen molar-refractivity contribution < 1.29 is 33.5 Å². The van der Waals surface area contributed by atoms with Crippen LogP contribution in [0.15, 0.2) is 0 Å².